The molecule has 0 radical (unpaired) electrons. The van der Waals surface area contributed by atoms with Crippen LogP contribution in [0.5, 0.6) is 0 Å². The van der Waals surface area contributed by atoms with E-state index in [1.807, 2.05) is 65.7 Å². The van der Waals surface area contributed by atoms with Crippen molar-refractivity contribution >= 4 is 23.8 Å². The Hall–Kier alpha value is -4.78. The quantitative estimate of drug-likeness (QED) is 0.0376. The van der Waals surface area contributed by atoms with Crippen molar-refractivity contribution in [3.8, 4) is 0 Å². The van der Waals surface area contributed by atoms with E-state index in [1.54, 1.807) is 11.0 Å². The van der Waals surface area contributed by atoms with Crippen molar-refractivity contribution in [1.82, 2.24) is 26.3 Å². The van der Waals surface area contributed by atoms with E-state index in [-0.39, 0.29) is 17.5 Å². The molecule has 288 valence electrons. The lowest BCUT2D eigenvalue weighted by Crippen LogP contribution is -2.38. The number of carbonyl (C=O) groups is 1. The molecule has 0 aliphatic rings. The van der Waals surface area contributed by atoms with Crippen molar-refractivity contribution in [2.24, 2.45) is 5.10 Å². The van der Waals surface area contributed by atoms with Gasteiger partial charge in [0.05, 0.1) is 12.3 Å². The second kappa shape index (κ2) is 22.3. The highest BCUT2D eigenvalue weighted by Crippen LogP contribution is 2.29. The molecule has 4 N–H and O–H groups in total. The lowest BCUT2D eigenvalue weighted by molar-refractivity contribution is 0.0755. The van der Waals surface area contributed by atoms with Crippen LogP contribution in [0.15, 0.2) is 97.1 Å². The highest BCUT2D eigenvalue weighted by Gasteiger charge is 2.22. The van der Waals surface area contributed by atoms with E-state index >= 15 is 0 Å². The number of rotatable bonds is 24. The van der Waals surface area contributed by atoms with Gasteiger partial charge in [-0.2, -0.15) is 5.10 Å². The summed E-state index contributed by atoms with van der Waals surface area (Å²) in [7, 11) is 7.45. The monoisotopic (exact) mass is 721 g/mol. The van der Waals surface area contributed by atoms with Gasteiger partial charge in [0.15, 0.2) is 0 Å². The van der Waals surface area contributed by atoms with Crippen LogP contribution < -0.4 is 21.4 Å². The summed E-state index contributed by atoms with van der Waals surface area (Å²) in [6.45, 7) is 27.4. The van der Waals surface area contributed by atoms with Gasteiger partial charge >= 0.3 is 0 Å². The van der Waals surface area contributed by atoms with Crippen LogP contribution in [0.4, 0.5) is 0 Å². The molecule has 0 fully saturated rings. The van der Waals surface area contributed by atoms with Crippen LogP contribution in [0.3, 0.4) is 0 Å². The Bertz CT molecular complexity index is 1660. The number of hydrogen-bond acceptors (Lipinski definition) is 6. The topological polar surface area (TPSA) is 80.8 Å². The second-order valence-electron chi connectivity index (χ2n) is 14.4. The Morgan fingerprint density at radius 3 is 2.36 bits per heavy atom. The van der Waals surface area contributed by atoms with Gasteiger partial charge in [-0.05, 0) is 131 Å². The summed E-state index contributed by atoms with van der Waals surface area (Å²) < 4.78 is 0. The van der Waals surface area contributed by atoms with Crippen molar-refractivity contribution < 1.29 is 4.79 Å². The van der Waals surface area contributed by atoms with Gasteiger partial charge in [0, 0.05) is 62.5 Å². The number of hydrogen-bond donors (Lipinski definition) is 4. The molecule has 1 amide bonds. The van der Waals surface area contributed by atoms with Crippen molar-refractivity contribution in [2.75, 3.05) is 28.2 Å². The highest BCUT2D eigenvalue weighted by molar-refractivity contribution is 6.01. The fourth-order valence-electron chi connectivity index (χ4n) is 6.83. The van der Waals surface area contributed by atoms with Gasteiger partial charge in [-0.25, -0.2) is 0 Å². The number of amides is 1. The molecule has 0 heterocycles. The lowest BCUT2D eigenvalue weighted by atomic mass is 9.89. The van der Waals surface area contributed by atoms with E-state index in [1.165, 1.54) is 22.3 Å². The molecular weight excluding hydrogens is 653 g/mol. The van der Waals surface area contributed by atoms with Crippen LogP contribution in [-0.2, 0) is 19.3 Å². The van der Waals surface area contributed by atoms with Gasteiger partial charge in [-0.15, -0.1) is 6.58 Å². The number of aryl methyl sites for hydroxylation is 3. The Balaban J connectivity index is 2.03. The summed E-state index contributed by atoms with van der Waals surface area (Å²) >= 11 is 0. The van der Waals surface area contributed by atoms with E-state index in [0.717, 1.165) is 91.5 Å². The largest absolute Gasteiger partial charge is 0.393 e. The molecule has 0 spiro atoms. The zero-order valence-corrected chi connectivity index (χ0v) is 34.3. The number of likely N-dealkylation sites (N-methyl/N-ethyl adjacent to an activating group) is 1. The fourth-order valence-corrected chi connectivity index (χ4v) is 6.83. The van der Waals surface area contributed by atoms with E-state index < -0.39 is 0 Å². The highest BCUT2D eigenvalue weighted by atomic mass is 16.2. The Labute approximate surface area is 322 Å². The maximum atomic E-state index is 13.7. The fraction of sp³-hybridized carbons (Fsp3) is 0.435. The van der Waals surface area contributed by atoms with E-state index in [0.29, 0.717) is 5.56 Å². The molecule has 1 atom stereocenters. The SMILES string of the molecule is C=Cc1ccc(CCCC(C)(C)NC(=C)CCCc2c(C)cc(C(=C/NC)/C(/C=N\NC)=C\C)cc2CC)cc1C(=O)N(C)C(C=C)CCC(=C)NC. The van der Waals surface area contributed by atoms with Crippen LogP contribution >= 0.6 is 0 Å². The molecule has 0 aromatic heterocycles. The molecule has 0 saturated carbocycles. The maximum Gasteiger partial charge on any atom is 0.254 e. The number of allylic oxidation sites excluding steroid dienone is 5. The summed E-state index contributed by atoms with van der Waals surface area (Å²) in [5.74, 6) is -0.0227. The summed E-state index contributed by atoms with van der Waals surface area (Å²) in [5.41, 5.74) is 14.9. The van der Waals surface area contributed by atoms with Crippen LogP contribution in [-0.4, -0.2) is 56.8 Å². The number of nitrogens with zero attached hydrogens (tertiary/aromatic N) is 2. The van der Waals surface area contributed by atoms with Gasteiger partial charge in [0.25, 0.3) is 5.91 Å². The minimum atomic E-state index is -0.102. The Kier molecular flexibility index (Phi) is 18.7. The Morgan fingerprint density at radius 1 is 1.02 bits per heavy atom. The average molecular weight is 721 g/mol. The average Bonchev–Trinajstić information content (AvgIpc) is 3.14. The molecule has 2 aromatic carbocycles. The first-order valence-corrected chi connectivity index (χ1v) is 19.1. The first-order chi connectivity index (χ1) is 25.3. The first-order valence-electron chi connectivity index (χ1n) is 19.1. The lowest BCUT2D eigenvalue weighted by Gasteiger charge is -2.29. The maximum absolute atomic E-state index is 13.7. The number of carbonyl (C=O) groups excluding carboxylic acids is 1. The molecule has 0 bridgehead atoms. The predicted octanol–water partition coefficient (Wildman–Crippen LogP) is 9.28. The zero-order chi connectivity index (χ0) is 39.6. The number of nitrogens with one attached hydrogen (secondary N) is 4. The third-order valence-electron chi connectivity index (χ3n) is 9.94. The van der Waals surface area contributed by atoms with Gasteiger partial charge in [-0.1, -0.05) is 69.2 Å². The van der Waals surface area contributed by atoms with Gasteiger partial charge in [0.2, 0.25) is 0 Å². The number of hydrazone groups is 1. The standard InChI is InChI=1S/C46H68N6O/c1-14-37-25-24-36(29-43(37)45(53)52(13)41(17-4)26-23-34(6)48-11)21-19-27-46(8,9)51-35(7)20-18-22-42-33(5)28-40(30-38(42)15-2)44(32-47-10)39(16-3)31-50-49-12/h14,16-17,24-25,28-32,41,47-49,51H,1,4,6-7,15,18-23,26-27H2,2-3,5,8-13H3/b39-16-,44-32+,50-31-. The molecule has 7 nitrogen and oxygen atoms in total. The third-order valence-corrected chi connectivity index (χ3v) is 9.94. The van der Waals surface area contributed by atoms with Gasteiger partial charge < -0.3 is 26.3 Å². The zero-order valence-electron chi connectivity index (χ0n) is 34.3. The summed E-state index contributed by atoms with van der Waals surface area (Å²) in [6, 6.07) is 10.7. The van der Waals surface area contributed by atoms with Crippen molar-refractivity contribution in [1.29, 1.82) is 0 Å². The van der Waals surface area contributed by atoms with Gasteiger partial charge in [-0.3, -0.25) is 4.79 Å². The molecule has 2 rings (SSSR count). The molecule has 0 aliphatic heterocycles. The smallest absolute Gasteiger partial charge is 0.254 e. The minimum Gasteiger partial charge on any atom is -0.393 e. The van der Waals surface area contributed by atoms with Crippen LogP contribution in [0.1, 0.15) is 110 Å². The summed E-state index contributed by atoms with van der Waals surface area (Å²) in [6.07, 6.45) is 17.9. The normalized spacial score (nSPS) is 12.6. The molecule has 53 heavy (non-hydrogen) atoms. The van der Waals surface area contributed by atoms with Crippen molar-refractivity contribution in [2.45, 2.75) is 104 Å². The molecular formula is C46H68N6O. The summed E-state index contributed by atoms with van der Waals surface area (Å²) in [4.78, 5) is 15.4. The minimum absolute atomic E-state index is 0.0227. The number of benzene rings is 2. The van der Waals surface area contributed by atoms with E-state index in [2.05, 4.69) is 105 Å². The molecule has 1 unspecified atom stereocenters. The second-order valence-corrected chi connectivity index (χ2v) is 14.4. The Morgan fingerprint density at radius 2 is 1.75 bits per heavy atom. The van der Waals surface area contributed by atoms with Crippen LogP contribution in [0.25, 0.3) is 11.6 Å². The first kappa shape index (κ1) is 44.4. The van der Waals surface area contributed by atoms with Crippen LogP contribution in [0.2, 0.25) is 0 Å². The molecule has 7 heteroatoms. The van der Waals surface area contributed by atoms with E-state index in [4.69, 9.17) is 0 Å². The molecule has 0 aliphatic carbocycles. The predicted molar refractivity (Wildman–Crippen MR) is 231 cm³/mol. The van der Waals surface area contributed by atoms with Crippen molar-refractivity contribution in [3.05, 3.63) is 131 Å². The molecule has 0 saturated heterocycles. The van der Waals surface area contributed by atoms with Crippen LogP contribution in [0, 0.1) is 6.92 Å². The molecule has 2 aromatic rings. The third kappa shape index (κ3) is 13.6. The van der Waals surface area contributed by atoms with Crippen molar-refractivity contribution in [3.63, 3.8) is 0 Å². The summed E-state index contributed by atoms with van der Waals surface area (Å²) in [5, 5.41) is 14.3. The van der Waals surface area contributed by atoms with E-state index in [9.17, 15) is 4.79 Å². The van der Waals surface area contributed by atoms with Gasteiger partial charge in [0.1, 0.15) is 0 Å².